The minimum Gasteiger partial charge on any atom is -0.355 e. The Kier molecular flexibility index (Phi) is 6.31. The van der Waals surface area contributed by atoms with E-state index in [0.29, 0.717) is 37.3 Å². The zero-order valence-electron chi connectivity index (χ0n) is 15.7. The minimum absolute atomic E-state index is 0. The second kappa shape index (κ2) is 8.39. The molecule has 0 bridgehead atoms. The molecular weight excluding hydrogens is 400 g/mol. The van der Waals surface area contributed by atoms with E-state index in [0.717, 1.165) is 25.7 Å². The Morgan fingerprint density at radius 3 is 2.39 bits per heavy atom. The van der Waals surface area contributed by atoms with Crippen LogP contribution >= 0.6 is 12.4 Å². The van der Waals surface area contributed by atoms with Crippen LogP contribution in [0.3, 0.4) is 0 Å². The third kappa shape index (κ3) is 4.18. The number of likely N-dealkylation sites (tertiary alicyclic amines) is 1. The standard InChI is InChI=1S/C19H26N4O3S.ClH/c20-14-5-7-15(8-6-14)21-19(24)13-9-11-23(12-10-13)18-16-3-1-2-4-17(16)27(25,26)22-18;/h1-4,13-15H,5-12,20H2,(H,21,24);1H. The quantitative estimate of drug-likeness (QED) is 0.748. The summed E-state index contributed by atoms with van der Waals surface area (Å²) in [6.45, 7) is 1.27. The first-order valence-electron chi connectivity index (χ1n) is 9.69. The number of halogens is 1. The Bertz CT molecular complexity index is 858. The van der Waals surface area contributed by atoms with Gasteiger partial charge in [0.2, 0.25) is 5.91 Å². The number of hydrogen-bond acceptors (Lipinski definition) is 5. The maximum Gasteiger partial charge on any atom is 0.285 e. The third-order valence-electron chi connectivity index (χ3n) is 5.90. The zero-order chi connectivity index (χ0) is 19.0. The summed E-state index contributed by atoms with van der Waals surface area (Å²) in [6.07, 6.45) is 5.27. The molecule has 1 aliphatic carbocycles. The summed E-state index contributed by atoms with van der Waals surface area (Å²) < 4.78 is 28.5. The lowest BCUT2D eigenvalue weighted by atomic mass is 9.90. The van der Waals surface area contributed by atoms with Gasteiger partial charge in [0.25, 0.3) is 10.0 Å². The largest absolute Gasteiger partial charge is 0.355 e. The molecule has 0 atom stereocenters. The van der Waals surface area contributed by atoms with Crippen molar-refractivity contribution in [3.05, 3.63) is 29.8 Å². The molecule has 0 radical (unpaired) electrons. The van der Waals surface area contributed by atoms with Crippen LogP contribution in [0.4, 0.5) is 0 Å². The van der Waals surface area contributed by atoms with Gasteiger partial charge in [-0.05, 0) is 50.7 Å². The second-order valence-electron chi connectivity index (χ2n) is 7.77. The Hall–Kier alpha value is -1.64. The molecule has 28 heavy (non-hydrogen) atoms. The lowest BCUT2D eigenvalue weighted by molar-refractivity contribution is -0.127. The van der Waals surface area contributed by atoms with Crippen LogP contribution in [-0.4, -0.2) is 50.2 Å². The fourth-order valence-corrected chi connectivity index (χ4v) is 5.48. The number of hydrogen-bond donors (Lipinski definition) is 2. The van der Waals surface area contributed by atoms with E-state index in [1.807, 2.05) is 11.0 Å². The Morgan fingerprint density at radius 2 is 1.71 bits per heavy atom. The van der Waals surface area contributed by atoms with Gasteiger partial charge in [0.05, 0.1) is 0 Å². The van der Waals surface area contributed by atoms with Gasteiger partial charge in [0, 0.05) is 36.7 Å². The van der Waals surface area contributed by atoms with Crippen molar-refractivity contribution in [1.29, 1.82) is 0 Å². The molecule has 0 unspecified atom stereocenters. The monoisotopic (exact) mass is 426 g/mol. The lowest BCUT2D eigenvalue weighted by Gasteiger charge is -2.34. The number of nitrogens with zero attached hydrogens (tertiary/aromatic N) is 2. The minimum atomic E-state index is -3.60. The lowest BCUT2D eigenvalue weighted by Crippen LogP contribution is -2.46. The highest BCUT2D eigenvalue weighted by Gasteiger charge is 2.34. The maximum absolute atomic E-state index is 12.6. The molecule has 0 spiro atoms. The van der Waals surface area contributed by atoms with E-state index in [9.17, 15) is 13.2 Å². The van der Waals surface area contributed by atoms with E-state index < -0.39 is 10.0 Å². The summed E-state index contributed by atoms with van der Waals surface area (Å²) >= 11 is 0. The van der Waals surface area contributed by atoms with Crippen LogP contribution in [0.5, 0.6) is 0 Å². The molecule has 1 amide bonds. The molecular formula is C19H27ClN4O3S. The van der Waals surface area contributed by atoms with Gasteiger partial charge in [-0.3, -0.25) is 4.79 Å². The Balaban J connectivity index is 0.00000225. The molecule has 1 saturated carbocycles. The molecule has 154 valence electrons. The van der Waals surface area contributed by atoms with E-state index >= 15 is 0 Å². The molecule has 1 aromatic rings. The summed E-state index contributed by atoms with van der Waals surface area (Å²) in [5, 5.41) is 3.18. The van der Waals surface area contributed by atoms with Gasteiger partial charge >= 0.3 is 0 Å². The van der Waals surface area contributed by atoms with Gasteiger partial charge in [0.1, 0.15) is 4.90 Å². The number of sulfonamides is 1. The molecule has 4 rings (SSSR count). The number of amides is 1. The summed E-state index contributed by atoms with van der Waals surface area (Å²) in [4.78, 5) is 14.9. The summed E-state index contributed by atoms with van der Waals surface area (Å²) in [5.74, 6) is 0.618. The number of fused-ring (bicyclic) bond motifs is 1. The maximum atomic E-state index is 12.6. The smallest absolute Gasteiger partial charge is 0.285 e. The number of amidine groups is 1. The summed E-state index contributed by atoms with van der Waals surface area (Å²) in [5.41, 5.74) is 6.59. The van der Waals surface area contributed by atoms with Crippen LogP contribution in [0.15, 0.2) is 33.6 Å². The van der Waals surface area contributed by atoms with Crippen LogP contribution < -0.4 is 11.1 Å². The van der Waals surface area contributed by atoms with Crippen molar-refractivity contribution < 1.29 is 13.2 Å². The number of carbonyl (C=O) groups excluding carboxylic acids is 1. The molecule has 1 aromatic carbocycles. The normalized spacial score (nSPS) is 26.8. The van der Waals surface area contributed by atoms with E-state index in [1.165, 1.54) is 0 Å². The number of carbonyl (C=O) groups is 1. The summed E-state index contributed by atoms with van der Waals surface area (Å²) in [7, 11) is -3.60. The number of nitrogens with one attached hydrogen (secondary N) is 1. The second-order valence-corrected chi connectivity index (χ2v) is 9.34. The van der Waals surface area contributed by atoms with Crippen LogP contribution in [0.2, 0.25) is 0 Å². The van der Waals surface area contributed by atoms with Gasteiger partial charge in [-0.15, -0.1) is 16.8 Å². The van der Waals surface area contributed by atoms with Crippen molar-refractivity contribution in [2.24, 2.45) is 16.0 Å². The molecule has 1 saturated heterocycles. The number of piperidine rings is 1. The van der Waals surface area contributed by atoms with Gasteiger partial charge in [-0.2, -0.15) is 8.42 Å². The Labute approximate surface area is 172 Å². The fourth-order valence-electron chi connectivity index (χ4n) is 4.25. The molecule has 9 heteroatoms. The first-order chi connectivity index (χ1) is 12.9. The predicted molar refractivity (Wildman–Crippen MR) is 110 cm³/mol. The SMILES string of the molecule is Cl.NC1CCC(NC(=O)C2CCN(C3=NS(=O)(=O)c4ccccc43)CC2)CC1. The van der Waals surface area contributed by atoms with Gasteiger partial charge in [-0.1, -0.05) is 12.1 Å². The van der Waals surface area contributed by atoms with Gasteiger partial charge in [0.15, 0.2) is 5.84 Å². The Morgan fingerprint density at radius 1 is 1.07 bits per heavy atom. The first-order valence-corrected chi connectivity index (χ1v) is 11.1. The van der Waals surface area contributed by atoms with E-state index in [4.69, 9.17) is 5.73 Å². The highest BCUT2D eigenvalue weighted by Crippen LogP contribution is 2.30. The van der Waals surface area contributed by atoms with Crippen molar-refractivity contribution in [2.45, 2.75) is 55.5 Å². The van der Waals surface area contributed by atoms with Crippen LogP contribution in [0.25, 0.3) is 0 Å². The molecule has 3 aliphatic rings. The van der Waals surface area contributed by atoms with Crippen molar-refractivity contribution in [2.75, 3.05) is 13.1 Å². The number of rotatable bonds is 2. The number of nitrogens with two attached hydrogens (primary N) is 1. The molecule has 2 heterocycles. The van der Waals surface area contributed by atoms with Crippen LogP contribution in [0.1, 0.15) is 44.1 Å². The molecule has 0 aromatic heterocycles. The van der Waals surface area contributed by atoms with E-state index in [-0.39, 0.29) is 41.2 Å². The summed E-state index contributed by atoms with van der Waals surface area (Å²) in [6, 6.07) is 7.44. The zero-order valence-corrected chi connectivity index (χ0v) is 17.3. The highest BCUT2D eigenvalue weighted by atomic mass is 35.5. The first kappa shape index (κ1) is 21.1. The van der Waals surface area contributed by atoms with Crippen molar-refractivity contribution in [3.8, 4) is 0 Å². The average Bonchev–Trinajstić information content (AvgIpc) is 2.95. The molecule has 2 fully saturated rings. The highest BCUT2D eigenvalue weighted by molar-refractivity contribution is 7.90. The number of benzene rings is 1. The third-order valence-corrected chi connectivity index (χ3v) is 7.22. The van der Waals surface area contributed by atoms with Gasteiger partial charge < -0.3 is 16.0 Å². The fraction of sp³-hybridized carbons (Fsp3) is 0.579. The van der Waals surface area contributed by atoms with Crippen molar-refractivity contribution >= 4 is 34.2 Å². The molecule has 7 nitrogen and oxygen atoms in total. The predicted octanol–water partition coefficient (Wildman–Crippen LogP) is 1.66. The molecule has 3 N–H and O–H groups in total. The topological polar surface area (TPSA) is 105 Å². The molecule has 2 aliphatic heterocycles. The van der Waals surface area contributed by atoms with E-state index in [1.54, 1.807) is 18.2 Å². The van der Waals surface area contributed by atoms with Crippen LogP contribution in [0, 0.1) is 5.92 Å². The van der Waals surface area contributed by atoms with Crippen molar-refractivity contribution in [1.82, 2.24) is 10.2 Å². The van der Waals surface area contributed by atoms with E-state index in [2.05, 4.69) is 9.71 Å². The van der Waals surface area contributed by atoms with Crippen molar-refractivity contribution in [3.63, 3.8) is 0 Å². The van der Waals surface area contributed by atoms with Crippen LogP contribution in [-0.2, 0) is 14.8 Å². The average molecular weight is 427 g/mol. The van der Waals surface area contributed by atoms with Gasteiger partial charge in [-0.25, -0.2) is 0 Å².